The van der Waals surface area contributed by atoms with Crippen LogP contribution in [0, 0.1) is 6.92 Å². The molecule has 0 aliphatic carbocycles. The van der Waals surface area contributed by atoms with Crippen LogP contribution in [0.5, 0.6) is 0 Å². The van der Waals surface area contributed by atoms with Gasteiger partial charge in [0.25, 0.3) is 0 Å². The summed E-state index contributed by atoms with van der Waals surface area (Å²) in [6.07, 6.45) is 5.80. The number of rotatable bonds is 6. The molecule has 0 amide bonds. The molecule has 0 radical (unpaired) electrons. The molecular formula is C16H22ClN3. The summed E-state index contributed by atoms with van der Waals surface area (Å²) >= 11 is 6.26. The van der Waals surface area contributed by atoms with Crippen molar-refractivity contribution in [3.05, 3.63) is 52.6 Å². The highest BCUT2D eigenvalue weighted by atomic mass is 35.5. The molecular weight excluding hydrogens is 270 g/mol. The second-order valence-electron chi connectivity index (χ2n) is 5.12. The summed E-state index contributed by atoms with van der Waals surface area (Å²) in [6.45, 7) is 5.24. The lowest BCUT2D eigenvalue weighted by molar-refractivity contribution is 0.510. The standard InChI is InChI=1S/C16H22ClN3/c1-4-8-18-15(11-16-19-9-10-20(16)3)13-6-5-7-14(17)12(13)2/h5-7,9-10,15,18H,4,8,11H2,1-3H3. The van der Waals surface area contributed by atoms with E-state index < -0.39 is 0 Å². The molecule has 0 fully saturated rings. The molecule has 1 atom stereocenters. The molecule has 1 unspecified atom stereocenters. The van der Waals surface area contributed by atoms with Crippen molar-refractivity contribution in [2.75, 3.05) is 6.54 Å². The van der Waals surface area contributed by atoms with Gasteiger partial charge in [0, 0.05) is 36.9 Å². The third kappa shape index (κ3) is 3.41. The van der Waals surface area contributed by atoms with E-state index in [4.69, 9.17) is 11.6 Å². The molecule has 4 heteroatoms. The van der Waals surface area contributed by atoms with E-state index in [-0.39, 0.29) is 6.04 Å². The minimum absolute atomic E-state index is 0.245. The Hall–Kier alpha value is -1.32. The quantitative estimate of drug-likeness (QED) is 0.880. The highest BCUT2D eigenvalue weighted by molar-refractivity contribution is 6.31. The number of hydrogen-bond donors (Lipinski definition) is 1. The zero-order chi connectivity index (χ0) is 14.5. The average molecular weight is 292 g/mol. The van der Waals surface area contributed by atoms with Crippen molar-refractivity contribution in [3.63, 3.8) is 0 Å². The van der Waals surface area contributed by atoms with Gasteiger partial charge >= 0.3 is 0 Å². The van der Waals surface area contributed by atoms with Crippen molar-refractivity contribution < 1.29 is 0 Å². The van der Waals surface area contributed by atoms with Crippen molar-refractivity contribution in [2.24, 2.45) is 7.05 Å². The molecule has 0 spiro atoms. The van der Waals surface area contributed by atoms with Crippen molar-refractivity contribution >= 4 is 11.6 Å². The van der Waals surface area contributed by atoms with Crippen LogP contribution >= 0.6 is 11.6 Å². The van der Waals surface area contributed by atoms with Crippen LogP contribution in [0.25, 0.3) is 0 Å². The van der Waals surface area contributed by atoms with Crippen LogP contribution in [-0.2, 0) is 13.5 Å². The SMILES string of the molecule is CCCNC(Cc1nccn1C)c1cccc(Cl)c1C. The van der Waals surface area contributed by atoms with Crippen molar-refractivity contribution in [1.29, 1.82) is 0 Å². The molecule has 20 heavy (non-hydrogen) atoms. The van der Waals surface area contributed by atoms with Crippen LogP contribution in [0.2, 0.25) is 5.02 Å². The Kier molecular flexibility index (Phi) is 5.21. The highest BCUT2D eigenvalue weighted by Crippen LogP contribution is 2.26. The molecule has 1 aromatic carbocycles. The maximum Gasteiger partial charge on any atom is 0.110 e. The number of benzene rings is 1. The first-order valence-corrected chi connectivity index (χ1v) is 7.45. The van der Waals surface area contributed by atoms with Gasteiger partial charge in [-0.25, -0.2) is 4.98 Å². The lowest BCUT2D eigenvalue weighted by Crippen LogP contribution is -2.26. The summed E-state index contributed by atoms with van der Waals surface area (Å²) in [5.74, 6) is 1.08. The molecule has 0 saturated carbocycles. The highest BCUT2D eigenvalue weighted by Gasteiger charge is 2.17. The third-order valence-electron chi connectivity index (χ3n) is 3.63. The minimum atomic E-state index is 0.245. The van der Waals surface area contributed by atoms with Crippen molar-refractivity contribution in [1.82, 2.24) is 14.9 Å². The third-order valence-corrected chi connectivity index (χ3v) is 4.04. The normalized spacial score (nSPS) is 12.6. The van der Waals surface area contributed by atoms with Gasteiger partial charge in [0.2, 0.25) is 0 Å². The fourth-order valence-electron chi connectivity index (χ4n) is 2.39. The topological polar surface area (TPSA) is 29.9 Å². The molecule has 2 aromatic rings. The average Bonchev–Trinajstić information content (AvgIpc) is 2.83. The molecule has 1 heterocycles. The molecule has 3 nitrogen and oxygen atoms in total. The number of nitrogens with one attached hydrogen (secondary N) is 1. The second-order valence-corrected chi connectivity index (χ2v) is 5.53. The van der Waals surface area contributed by atoms with Gasteiger partial charge in [0.05, 0.1) is 0 Å². The maximum absolute atomic E-state index is 6.26. The fourth-order valence-corrected chi connectivity index (χ4v) is 2.57. The predicted molar refractivity (Wildman–Crippen MR) is 84.1 cm³/mol. The van der Waals surface area contributed by atoms with Gasteiger partial charge in [0.15, 0.2) is 0 Å². The van der Waals surface area contributed by atoms with Crippen LogP contribution in [0.3, 0.4) is 0 Å². The Bertz CT molecular complexity index is 563. The Balaban J connectivity index is 2.27. The van der Waals surface area contributed by atoms with E-state index in [9.17, 15) is 0 Å². The summed E-state index contributed by atoms with van der Waals surface area (Å²) in [5, 5.41) is 4.43. The van der Waals surface area contributed by atoms with Crippen LogP contribution < -0.4 is 5.32 Å². The van der Waals surface area contributed by atoms with Crippen molar-refractivity contribution in [3.8, 4) is 0 Å². The lowest BCUT2D eigenvalue weighted by Gasteiger charge is -2.21. The van der Waals surface area contributed by atoms with E-state index in [0.29, 0.717) is 0 Å². The Morgan fingerprint density at radius 1 is 1.40 bits per heavy atom. The second kappa shape index (κ2) is 6.91. The smallest absolute Gasteiger partial charge is 0.110 e. The van der Waals surface area contributed by atoms with E-state index in [1.54, 1.807) is 0 Å². The molecule has 1 N–H and O–H groups in total. The minimum Gasteiger partial charge on any atom is -0.338 e. The van der Waals surface area contributed by atoms with Crippen LogP contribution in [-0.4, -0.2) is 16.1 Å². The van der Waals surface area contributed by atoms with E-state index in [1.165, 1.54) is 5.56 Å². The number of halogens is 1. The summed E-state index contributed by atoms with van der Waals surface area (Å²) in [6, 6.07) is 6.36. The van der Waals surface area contributed by atoms with Gasteiger partial charge in [-0.05, 0) is 37.1 Å². The number of nitrogens with zero attached hydrogens (tertiary/aromatic N) is 2. The first-order chi connectivity index (χ1) is 9.63. The first kappa shape index (κ1) is 15.1. The maximum atomic E-state index is 6.26. The van der Waals surface area contributed by atoms with E-state index in [1.807, 2.05) is 31.6 Å². The molecule has 2 rings (SSSR count). The van der Waals surface area contributed by atoms with Gasteiger partial charge in [-0.1, -0.05) is 30.7 Å². The van der Waals surface area contributed by atoms with Gasteiger partial charge in [-0.3, -0.25) is 0 Å². The Labute approximate surface area is 126 Å². The van der Waals surface area contributed by atoms with Crippen molar-refractivity contribution in [2.45, 2.75) is 32.7 Å². The summed E-state index contributed by atoms with van der Waals surface area (Å²) in [7, 11) is 2.03. The molecule has 0 aliphatic heterocycles. The molecule has 1 aromatic heterocycles. The lowest BCUT2D eigenvalue weighted by atomic mass is 9.98. The number of imidazole rings is 1. The number of aromatic nitrogens is 2. The first-order valence-electron chi connectivity index (χ1n) is 7.08. The molecule has 108 valence electrons. The molecule has 0 bridgehead atoms. The largest absolute Gasteiger partial charge is 0.338 e. The summed E-state index contributed by atoms with van der Waals surface area (Å²) in [5.41, 5.74) is 2.41. The van der Waals surface area contributed by atoms with Crippen LogP contribution in [0.4, 0.5) is 0 Å². The predicted octanol–water partition coefficient (Wildman–Crippen LogP) is 3.67. The number of hydrogen-bond acceptors (Lipinski definition) is 2. The Morgan fingerprint density at radius 2 is 2.20 bits per heavy atom. The van der Waals surface area contributed by atoms with E-state index in [2.05, 4.69) is 34.8 Å². The van der Waals surface area contributed by atoms with E-state index in [0.717, 1.165) is 35.8 Å². The number of aryl methyl sites for hydroxylation is 1. The van der Waals surface area contributed by atoms with Crippen LogP contribution in [0.1, 0.15) is 36.3 Å². The van der Waals surface area contributed by atoms with Gasteiger partial charge in [0.1, 0.15) is 5.82 Å². The summed E-state index contributed by atoms with van der Waals surface area (Å²) < 4.78 is 2.07. The van der Waals surface area contributed by atoms with Gasteiger partial charge in [-0.15, -0.1) is 0 Å². The summed E-state index contributed by atoms with van der Waals surface area (Å²) in [4.78, 5) is 4.43. The molecule has 0 saturated heterocycles. The van der Waals surface area contributed by atoms with E-state index >= 15 is 0 Å². The monoisotopic (exact) mass is 291 g/mol. The zero-order valence-corrected chi connectivity index (χ0v) is 13.1. The molecule has 0 aliphatic rings. The fraction of sp³-hybridized carbons (Fsp3) is 0.438. The Morgan fingerprint density at radius 3 is 2.85 bits per heavy atom. The van der Waals surface area contributed by atoms with Crippen LogP contribution in [0.15, 0.2) is 30.6 Å². The van der Waals surface area contributed by atoms with Gasteiger partial charge in [-0.2, -0.15) is 0 Å². The van der Waals surface area contributed by atoms with Gasteiger partial charge < -0.3 is 9.88 Å². The zero-order valence-electron chi connectivity index (χ0n) is 12.4.